The summed E-state index contributed by atoms with van der Waals surface area (Å²) in [4.78, 5) is 59.7. The Kier molecular flexibility index (Phi) is 40.6. The average Bonchev–Trinajstić information content (AvgIpc) is 1.05. The van der Waals surface area contributed by atoms with Crippen molar-refractivity contribution in [3.05, 3.63) is 351 Å². The van der Waals surface area contributed by atoms with Crippen molar-refractivity contribution >= 4 is 10.9 Å². The van der Waals surface area contributed by atoms with Gasteiger partial charge in [-0.2, -0.15) is 9.46 Å². The SMILES string of the molecule is Cc1cc(C)nc(C)n1.Cc1cc[n+]([O-])cc1.Cc1ccc(C)nc1.Cc1ccc2ccccc2n1.Cc1cccc[n+]1[O-].Cc1cccnc1.Cc1ccnc(C)c1.Cc1ccnc(C)n1.Cc1ccncc1.Cc1ccncn1.Cc1cnc(C)nc1.Cc1ncccn1. The molecule has 0 fully saturated rings. The Balaban J connectivity index is 0.000000357. The molecule has 0 saturated carbocycles. The van der Waals surface area contributed by atoms with E-state index < -0.39 is 0 Å². The highest BCUT2D eigenvalue weighted by Gasteiger charge is 1.94. The van der Waals surface area contributed by atoms with Gasteiger partial charge in [-0.05, 0) is 224 Å². The lowest BCUT2D eigenvalue weighted by Crippen LogP contribution is -2.28. The Bertz CT molecular complexity index is 3640. The van der Waals surface area contributed by atoms with E-state index in [2.05, 4.69) is 106 Å². The predicted molar refractivity (Wildman–Crippen MR) is 385 cm³/mol. The van der Waals surface area contributed by atoms with Gasteiger partial charge >= 0.3 is 0 Å². The summed E-state index contributed by atoms with van der Waals surface area (Å²) in [7, 11) is 0. The number of pyridine rings is 7. The highest BCUT2D eigenvalue weighted by molar-refractivity contribution is 5.78. The van der Waals surface area contributed by atoms with Gasteiger partial charge in [-0.25, -0.2) is 49.8 Å². The van der Waals surface area contributed by atoms with Gasteiger partial charge in [0.1, 0.15) is 29.6 Å². The summed E-state index contributed by atoms with van der Waals surface area (Å²) in [5.41, 5.74) is 16.3. The fourth-order valence-electron chi connectivity index (χ4n) is 6.94. The molecule has 12 aromatic heterocycles. The summed E-state index contributed by atoms with van der Waals surface area (Å²) < 4.78 is 1.60. The minimum Gasteiger partial charge on any atom is -0.619 e. The van der Waals surface area contributed by atoms with E-state index in [0.717, 1.165) is 95.0 Å². The van der Waals surface area contributed by atoms with Gasteiger partial charge in [0, 0.05) is 151 Å². The molecule has 19 heteroatoms. The lowest BCUT2D eigenvalue weighted by atomic mass is 10.2. The number of aromatic nitrogens is 17. The van der Waals surface area contributed by atoms with E-state index in [1.54, 1.807) is 80.6 Å². The summed E-state index contributed by atoms with van der Waals surface area (Å²) in [5.74, 6) is 3.34. The molecule has 0 saturated heterocycles. The van der Waals surface area contributed by atoms with Gasteiger partial charge < -0.3 is 10.4 Å². The molecule has 1 aromatic carbocycles. The number of nitrogens with zero attached hydrogens (tertiary/aromatic N) is 17. The van der Waals surface area contributed by atoms with Crippen molar-refractivity contribution < 1.29 is 9.46 Å². The number of benzene rings is 1. The molecule has 0 amide bonds. The molecule has 0 aliphatic rings. The van der Waals surface area contributed by atoms with Gasteiger partial charge in [0.15, 0.2) is 24.3 Å². The maximum Gasteiger partial charge on any atom is 0.189 e. The topological polar surface area (TPSA) is 247 Å². The van der Waals surface area contributed by atoms with E-state index >= 15 is 0 Å². The first-order valence-corrected chi connectivity index (χ1v) is 30.8. The maximum atomic E-state index is 10.5. The summed E-state index contributed by atoms with van der Waals surface area (Å²) in [6, 6.07) is 44.6. The molecule has 0 unspecified atom stereocenters. The second-order valence-corrected chi connectivity index (χ2v) is 21.5. The molecule has 13 aromatic rings. The third-order valence-corrected chi connectivity index (χ3v) is 11.8. The molecule has 0 aliphatic carbocycles. The molecule has 19 nitrogen and oxygen atoms in total. The Hall–Kier alpha value is -11.5. The van der Waals surface area contributed by atoms with Crippen LogP contribution >= 0.6 is 0 Å². The highest BCUT2D eigenvalue weighted by Crippen LogP contribution is 2.11. The van der Waals surface area contributed by atoms with E-state index in [-0.39, 0.29) is 0 Å². The number of fused-ring (bicyclic) bond motifs is 1. The van der Waals surface area contributed by atoms with Crippen molar-refractivity contribution in [2.75, 3.05) is 0 Å². The van der Waals surface area contributed by atoms with Crippen molar-refractivity contribution in [2.24, 2.45) is 0 Å². The van der Waals surface area contributed by atoms with Crippen LogP contribution in [0.25, 0.3) is 10.9 Å². The first-order chi connectivity index (χ1) is 45.9. The third-order valence-electron chi connectivity index (χ3n) is 11.8. The second-order valence-electron chi connectivity index (χ2n) is 21.5. The zero-order valence-electron chi connectivity index (χ0n) is 58.9. The van der Waals surface area contributed by atoms with Crippen LogP contribution in [0.15, 0.2) is 239 Å². The minimum atomic E-state index is 0.729. The van der Waals surface area contributed by atoms with Crippen LogP contribution in [-0.2, 0) is 0 Å². The van der Waals surface area contributed by atoms with Crippen molar-refractivity contribution in [3.8, 4) is 0 Å². The lowest BCUT2D eigenvalue weighted by Gasteiger charge is -1.95. The molecular weight excluding hydrogens is 1190 g/mol. The summed E-state index contributed by atoms with van der Waals surface area (Å²) in [5, 5.41) is 22.1. The number of aryl methyl sites for hydroxylation is 18. The molecular formula is C77H93N17O2. The van der Waals surface area contributed by atoms with E-state index in [4.69, 9.17) is 0 Å². The van der Waals surface area contributed by atoms with E-state index in [0.29, 0.717) is 0 Å². The number of para-hydroxylation sites is 1. The molecule has 13 rings (SSSR count). The molecule has 0 radical (unpaired) electrons. The van der Waals surface area contributed by atoms with Gasteiger partial charge in [-0.1, -0.05) is 42.5 Å². The second kappa shape index (κ2) is 48.3. The van der Waals surface area contributed by atoms with Gasteiger partial charge in [0.25, 0.3) is 0 Å². The van der Waals surface area contributed by atoms with Gasteiger partial charge in [-0.3, -0.25) is 24.9 Å². The van der Waals surface area contributed by atoms with Crippen LogP contribution < -0.4 is 9.46 Å². The van der Waals surface area contributed by atoms with Crippen LogP contribution in [0.4, 0.5) is 0 Å². The quantitative estimate of drug-likeness (QED) is 0.101. The first kappa shape index (κ1) is 80.6. The monoisotopic (exact) mass is 1290 g/mol. The summed E-state index contributed by atoms with van der Waals surface area (Å²) in [6.07, 6.45) is 27.4. The fourth-order valence-corrected chi connectivity index (χ4v) is 6.94. The Morgan fingerprint density at radius 1 is 0.271 bits per heavy atom. The van der Waals surface area contributed by atoms with E-state index in [9.17, 15) is 10.4 Å². The molecule has 0 spiro atoms. The smallest absolute Gasteiger partial charge is 0.189 e. The highest BCUT2D eigenvalue weighted by atomic mass is 16.5. The zero-order valence-corrected chi connectivity index (χ0v) is 58.9. The van der Waals surface area contributed by atoms with Crippen LogP contribution in [0.2, 0.25) is 0 Å². The summed E-state index contributed by atoms with van der Waals surface area (Å²) >= 11 is 0. The predicted octanol–water partition coefficient (Wildman–Crippen LogP) is 15.1. The van der Waals surface area contributed by atoms with Crippen molar-refractivity contribution in [1.82, 2.24) is 74.8 Å². The molecule has 0 atom stereocenters. The van der Waals surface area contributed by atoms with Crippen LogP contribution in [0.1, 0.15) is 102 Å². The van der Waals surface area contributed by atoms with Crippen LogP contribution in [-0.4, -0.2) is 74.8 Å². The van der Waals surface area contributed by atoms with E-state index in [1.807, 2.05) is 227 Å². The molecule has 0 bridgehead atoms. The lowest BCUT2D eigenvalue weighted by molar-refractivity contribution is -0.612. The van der Waals surface area contributed by atoms with Gasteiger partial charge in [-0.15, -0.1) is 0 Å². The van der Waals surface area contributed by atoms with Crippen molar-refractivity contribution in [3.63, 3.8) is 0 Å². The fraction of sp³-hybridized carbons (Fsp3) is 0.234. The minimum absolute atomic E-state index is 0.729. The van der Waals surface area contributed by atoms with Crippen LogP contribution in [0, 0.1) is 135 Å². The molecule has 498 valence electrons. The van der Waals surface area contributed by atoms with E-state index in [1.165, 1.54) is 52.6 Å². The molecule has 12 heterocycles. The van der Waals surface area contributed by atoms with Crippen molar-refractivity contribution in [2.45, 2.75) is 125 Å². The van der Waals surface area contributed by atoms with Crippen LogP contribution in [0.5, 0.6) is 0 Å². The molecule has 96 heavy (non-hydrogen) atoms. The largest absolute Gasteiger partial charge is 0.619 e. The number of hydrogen-bond acceptors (Lipinski definition) is 17. The normalized spacial score (nSPS) is 9.23. The maximum absolute atomic E-state index is 10.5. The first-order valence-electron chi connectivity index (χ1n) is 30.8. The number of hydrogen-bond donors (Lipinski definition) is 0. The van der Waals surface area contributed by atoms with Crippen LogP contribution in [0.3, 0.4) is 0 Å². The van der Waals surface area contributed by atoms with Gasteiger partial charge in [0.2, 0.25) is 0 Å². The molecule has 0 aliphatic heterocycles. The van der Waals surface area contributed by atoms with Gasteiger partial charge in [0.05, 0.1) is 5.52 Å². The summed E-state index contributed by atoms with van der Waals surface area (Å²) in [6.45, 7) is 35.2. The third kappa shape index (κ3) is 42.6. The Labute approximate surface area is 568 Å². The average molecular weight is 1290 g/mol. The number of rotatable bonds is 0. The molecule has 0 N–H and O–H groups in total. The standard InChI is InChI=1S/C10H9N.C7H10N2.2C7H9N.2C6H8N2.2C6H7NO.2C6H7N.2C5H6N2/c1-8-6-7-9-4-2-3-5-10(9)11-8;1-5-4-6(2)9-7(3)8-5;1-6-3-4-8-7(2)5-6;1-6-3-4-7(2)8-5-6;1-5-3-7-6(2)8-4-5;1-5-3-4-7-6(2)8-5;1-6-2-4-7(8)5-3-6;1-6-4-2-3-5-7(6)8;1-6-2-4-7-5-3-6;1-6-3-2-4-7-5-6;1-5-2-3-6-4-7-5;1-5-6-3-2-4-7-5/h2-7H,1H3;4H,1-3H3;2*3-5H,1-2H3;2*3-4H,1-2H3;2*2-5H,1H3;2*2-5H,1H3;2*2-4H,1H3. The Morgan fingerprint density at radius 2 is 0.802 bits per heavy atom. The zero-order chi connectivity index (χ0) is 70.9. The van der Waals surface area contributed by atoms with Crippen molar-refractivity contribution in [1.29, 1.82) is 0 Å². The Morgan fingerprint density at radius 3 is 1.21 bits per heavy atom.